The molecule has 9 heteroatoms. The van der Waals surface area contributed by atoms with Gasteiger partial charge in [0.05, 0.1) is 12.2 Å². The van der Waals surface area contributed by atoms with Crippen molar-refractivity contribution in [2.45, 2.75) is 31.2 Å². The summed E-state index contributed by atoms with van der Waals surface area (Å²) in [6.45, 7) is -1.65. The van der Waals surface area contributed by atoms with E-state index in [-0.39, 0.29) is 5.56 Å². The average molecular weight is 276 g/mol. The number of rotatable bonds is 3. The molecule has 8 nitrogen and oxygen atoms in total. The molecular formula is C10H13FN2O6. The summed E-state index contributed by atoms with van der Waals surface area (Å²) in [6, 6.07) is 0. The molecule has 0 saturated carbocycles. The number of halogens is 1. The fourth-order valence-electron chi connectivity index (χ4n) is 1.92. The number of hydrogen-bond donors (Lipinski definition) is 4. The van der Waals surface area contributed by atoms with Crippen LogP contribution in [0.15, 0.2) is 15.8 Å². The minimum atomic E-state index is -1.48. The van der Waals surface area contributed by atoms with Gasteiger partial charge >= 0.3 is 5.69 Å². The third kappa shape index (κ3) is 2.32. The van der Waals surface area contributed by atoms with Crippen molar-refractivity contribution in [2.24, 2.45) is 0 Å². The zero-order chi connectivity index (χ0) is 14.2. The van der Waals surface area contributed by atoms with Crippen LogP contribution in [0.1, 0.15) is 11.8 Å². The molecule has 4 N–H and O–H groups in total. The highest BCUT2D eigenvalue weighted by molar-refractivity contribution is 5.04. The van der Waals surface area contributed by atoms with Gasteiger partial charge in [0.15, 0.2) is 6.23 Å². The van der Waals surface area contributed by atoms with Gasteiger partial charge in [-0.15, -0.1) is 0 Å². The largest absolute Gasteiger partial charge is 0.394 e. The summed E-state index contributed by atoms with van der Waals surface area (Å²) in [6.07, 6.45) is -4.31. The van der Waals surface area contributed by atoms with Crippen LogP contribution in [0.3, 0.4) is 0 Å². The van der Waals surface area contributed by atoms with E-state index in [4.69, 9.17) is 9.84 Å². The van der Waals surface area contributed by atoms with Gasteiger partial charge in [-0.2, -0.15) is 0 Å². The molecule has 0 radical (unpaired) electrons. The molecule has 1 fully saturated rings. The van der Waals surface area contributed by atoms with Gasteiger partial charge in [-0.05, 0) is 0 Å². The molecule has 0 bridgehead atoms. The molecule has 0 spiro atoms. The molecule has 2 unspecified atom stereocenters. The lowest BCUT2D eigenvalue weighted by atomic mass is 10.1. The molecule has 1 aliphatic heterocycles. The lowest BCUT2D eigenvalue weighted by Gasteiger charge is -2.17. The Labute approximate surface area is 105 Å². The molecular weight excluding hydrogens is 263 g/mol. The van der Waals surface area contributed by atoms with E-state index in [0.717, 1.165) is 10.8 Å². The molecule has 0 aliphatic carbocycles. The van der Waals surface area contributed by atoms with Gasteiger partial charge in [0.1, 0.15) is 25.0 Å². The third-order valence-corrected chi connectivity index (χ3v) is 2.98. The Kier molecular flexibility index (Phi) is 3.80. The standard InChI is InChI=1S/C10H13FN2O6/c11-1-4-2-13(10(18)12-8(4)17)9-7(16)6(15)5(3-14)19-9/h2,5-7,9,14-16H,1,3H2,(H,12,17,18)/t5-,6?,7?,9-/m0/s1. The Hall–Kier alpha value is -1.55. The number of aromatic nitrogens is 2. The molecule has 19 heavy (non-hydrogen) atoms. The second-order valence-corrected chi connectivity index (χ2v) is 4.18. The van der Waals surface area contributed by atoms with Gasteiger partial charge < -0.3 is 20.1 Å². The SMILES string of the molecule is O=c1[nH]c(=O)n([C@H]2O[C@@H](CO)C(O)C2O)cc1CF. The number of hydrogen-bond acceptors (Lipinski definition) is 6. The first-order valence-electron chi connectivity index (χ1n) is 5.52. The Balaban J connectivity index is 2.43. The lowest BCUT2D eigenvalue weighted by molar-refractivity contribution is -0.0551. The zero-order valence-electron chi connectivity index (χ0n) is 9.69. The molecule has 106 valence electrons. The monoisotopic (exact) mass is 276 g/mol. The minimum absolute atomic E-state index is 0.308. The van der Waals surface area contributed by atoms with Crippen LogP contribution >= 0.6 is 0 Å². The van der Waals surface area contributed by atoms with Gasteiger partial charge in [-0.3, -0.25) is 14.3 Å². The molecule has 0 aromatic carbocycles. The van der Waals surface area contributed by atoms with Crippen LogP contribution < -0.4 is 11.2 Å². The van der Waals surface area contributed by atoms with Crippen LogP contribution in [0.5, 0.6) is 0 Å². The van der Waals surface area contributed by atoms with Crippen molar-refractivity contribution in [3.63, 3.8) is 0 Å². The molecule has 1 aliphatic rings. The summed E-state index contributed by atoms with van der Waals surface area (Å²) in [5.41, 5.74) is -2.08. The Morgan fingerprint density at radius 1 is 1.37 bits per heavy atom. The van der Waals surface area contributed by atoms with Crippen molar-refractivity contribution in [3.8, 4) is 0 Å². The topological polar surface area (TPSA) is 125 Å². The highest BCUT2D eigenvalue weighted by Gasteiger charge is 2.43. The molecule has 1 saturated heterocycles. The van der Waals surface area contributed by atoms with Crippen molar-refractivity contribution in [1.29, 1.82) is 0 Å². The maximum absolute atomic E-state index is 12.6. The van der Waals surface area contributed by atoms with Crippen molar-refractivity contribution in [3.05, 3.63) is 32.6 Å². The van der Waals surface area contributed by atoms with Gasteiger partial charge in [0.25, 0.3) is 5.56 Å². The Morgan fingerprint density at radius 3 is 2.58 bits per heavy atom. The first kappa shape index (κ1) is 13.9. The van der Waals surface area contributed by atoms with E-state index in [1.807, 2.05) is 4.98 Å². The van der Waals surface area contributed by atoms with E-state index in [2.05, 4.69) is 0 Å². The zero-order valence-corrected chi connectivity index (χ0v) is 9.69. The van der Waals surface area contributed by atoms with E-state index in [1.165, 1.54) is 0 Å². The number of aliphatic hydroxyl groups is 3. The van der Waals surface area contributed by atoms with Crippen LogP contribution in [-0.2, 0) is 11.4 Å². The van der Waals surface area contributed by atoms with Gasteiger partial charge in [-0.25, -0.2) is 9.18 Å². The summed E-state index contributed by atoms with van der Waals surface area (Å²) >= 11 is 0. The third-order valence-electron chi connectivity index (χ3n) is 2.98. The molecule has 4 atom stereocenters. The van der Waals surface area contributed by atoms with Crippen LogP contribution in [0.4, 0.5) is 4.39 Å². The molecule has 1 aromatic rings. The minimum Gasteiger partial charge on any atom is -0.394 e. The fourth-order valence-corrected chi connectivity index (χ4v) is 1.92. The van der Waals surface area contributed by atoms with Gasteiger partial charge in [0, 0.05) is 6.20 Å². The van der Waals surface area contributed by atoms with E-state index >= 15 is 0 Å². The number of ether oxygens (including phenoxy) is 1. The maximum atomic E-state index is 12.6. The predicted octanol–water partition coefficient (Wildman–Crippen LogP) is -2.38. The summed E-state index contributed by atoms with van der Waals surface area (Å²) in [5, 5.41) is 28.2. The Bertz CT molecular complexity index is 570. The summed E-state index contributed by atoms with van der Waals surface area (Å²) < 4.78 is 18.5. The molecule has 1 aromatic heterocycles. The van der Waals surface area contributed by atoms with Crippen LogP contribution in [0.25, 0.3) is 0 Å². The normalized spacial score (nSPS) is 30.7. The second kappa shape index (κ2) is 5.21. The van der Waals surface area contributed by atoms with E-state index in [1.54, 1.807) is 0 Å². The maximum Gasteiger partial charge on any atom is 0.330 e. The van der Waals surface area contributed by atoms with E-state index in [9.17, 15) is 24.2 Å². The number of aromatic amines is 1. The van der Waals surface area contributed by atoms with Crippen LogP contribution in [-0.4, -0.2) is 49.8 Å². The number of aliphatic hydroxyl groups excluding tert-OH is 3. The summed E-state index contributed by atoms with van der Waals surface area (Å²) in [5.74, 6) is 0. The van der Waals surface area contributed by atoms with E-state index < -0.39 is 49.1 Å². The fraction of sp³-hybridized carbons (Fsp3) is 0.600. The number of nitrogens with zero attached hydrogens (tertiary/aromatic N) is 1. The first-order valence-corrected chi connectivity index (χ1v) is 5.52. The van der Waals surface area contributed by atoms with Crippen LogP contribution in [0, 0.1) is 0 Å². The van der Waals surface area contributed by atoms with Gasteiger partial charge in [0.2, 0.25) is 0 Å². The van der Waals surface area contributed by atoms with E-state index in [0.29, 0.717) is 0 Å². The Morgan fingerprint density at radius 2 is 2.05 bits per heavy atom. The predicted molar refractivity (Wildman–Crippen MR) is 59.1 cm³/mol. The summed E-state index contributed by atoms with van der Waals surface area (Å²) in [4.78, 5) is 24.7. The van der Waals surface area contributed by atoms with Crippen molar-refractivity contribution >= 4 is 0 Å². The molecule has 0 amide bonds. The number of nitrogens with one attached hydrogen (secondary N) is 1. The number of alkyl halides is 1. The summed E-state index contributed by atoms with van der Waals surface area (Å²) in [7, 11) is 0. The smallest absolute Gasteiger partial charge is 0.330 e. The van der Waals surface area contributed by atoms with Gasteiger partial charge in [-0.1, -0.05) is 0 Å². The van der Waals surface area contributed by atoms with Crippen molar-refractivity contribution < 1.29 is 24.4 Å². The first-order chi connectivity index (χ1) is 8.99. The molecule has 2 rings (SSSR count). The lowest BCUT2D eigenvalue weighted by Crippen LogP contribution is -2.38. The highest BCUT2D eigenvalue weighted by atomic mass is 19.1. The molecule has 2 heterocycles. The van der Waals surface area contributed by atoms with Crippen molar-refractivity contribution in [2.75, 3.05) is 6.61 Å². The van der Waals surface area contributed by atoms with Crippen LogP contribution in [0.2, 0.25) is 0 Å². The quantitative estimate of drug-likeness (QED) is 0.488. The second-order valence-electron chi connectivity index (χ2n) is 4.18. The van der Waals surface area contributed by atoms with Crippen molar-refractivity contribution in [1.82, 2.24) is 9.55 Å². The highest BCUT2D eigenvalue weighted by Crippen LogP contribution is 2.27. The average Bonchev–Trinajstić information content (AvgIpc) is 2.67. The number of H-pyrrole nitrogens is 1.